The number of hydrogen-bond acceptors (Lipinski definition) is 0. The van der Waals surface area contributed by atoms with Crippen molar-refractivity contribution in [3.63, 3.8) is 0 Å². The summed E-state index contributed by atoms with van der Waals surface area (Å²) >= 11 is 12.5. The van der Waals surface area contributed by atoms with Crippen LogP contribution in [0.4, 0.5) is 0 Å². The van der Waals surface area contributed by atoms with E-state index < -0.39 is 0 Å². The summed E-state index contributed by atoms with van der Waals surface area (Å²) in [4.78, 5) is 0. The highest BCUT2D eigenvalue weighted by Gasteiger charge is 2.16. The van der Waals surface area contributed by atoms with Crippen molar-refractivity contribution in [1.29, 1.82) is 0 Å². The highest BCUT2D eigenvalue weighted by atomic mass is 80.0. The van der Waals surface area contributed by atoms with Gasteiger partial charge in [0.15, 0.2) is 1.05 Å². The van der Waals surface area contributed by atoms with Crippen LogP contribution < -0.4 is 17.0 Å². The Kier molecular flexibility index (Phi) is 17.2. The van der Waals surface area contributed by atoms with Gasteiger partial charge in [-0.15, -0.1) is 0 Å². The van der Waals surface area contributed by atoms with E-state index in [2.05, 4.69) is 91.4 Å². The van der Waals surface area contributed by atoms with Crippen LogP contribution in [0.5, 0.6) is 0 Å². The van der Waals surface area contributed by atoms with E-state index in [-0.39, 0.29) is 18.0 Å². The first-order valence-electron chi connectivity index (χ1n) is 4.85. The fraction of sp³-hybridized carbons (Fsp3) is 1.00. The molecule has 0 spiro atoms. The maximum absolute atomic E-state index is 3.12. The van der Waals surface area contributed by atoms with Gasteiger partial charge in [-0.3, -0.25) is 0 Å². The molecule has 0 unspecified atom stereocenters. The predicted molar refractivity (Wildman–Crippen MR) is 80.9 cm³/mol. The summed E-state index contributed by atoms with van der Waals surface area (Å²) in [7, 11) is 0. The zero-order chi connectivity index (χ0) is 11.8. The molecule has 0 atom stereocenters. The Balaban J connectivity index is -0.000000208. The highest BCUT2D eigenvalue weighted by Crippen LogP contribution is 2.39. The van der Waals surface area contributed by atoms with Crippen molar-refractivity contribution in [2.24, 2.45) is 0 Å². The van der Waals surface area contributed by atoms with Gasteiger partial charge < -0.3 is 21.5 Å². The van der Waals surface area contributed by atoms with E-state index in [1.165, 1.54) is 30.7 Å². The number of alkyl halides is 4. The van der Waals surface area contributed by atoms with Gasteiger partial charge in [-0.05, 0) is 91.4 Å². The molecule has 0 heterocycles. The Morgan fingerprint density at radius 1 is 0.733 bits per heavy atom. The van der Waals surface area contributed by atoms with Crippen LogP contribution >= 0.6 is 63.7 Å². The Labute approximate surface area is 139 Å². The Hall–Kier alpha value is 2.36. The molecule has 0 aromatic rings. The fourth-order valence-corrected chi connectivity index (χ4v) is 1.34. The first kappa shape index (κ1) is 22.5. The zero-order valence-corrected chi connectivity index (χ0v) is 17.6. The van der Waals surface area contributed by atoms with Crippen molar-refractivity contribution in [2.75, 3.05) is 26.2 Å². The molecule has 0 aliphatic rings. The predicted octanol–water partition coefficient (Wildman–Crippen LogP) is 2.06. The lowest BCUT2D eigenvalue weighted by molar-refractivity contribution is -0.921. The number of rotatable bonds is 4. The van der Waals surface area contributed by atoms with E-state index in [4.69, 9.17) is 0 Å². The number of hydrogen-bond donors (Lipinski definition) is 0. The van der Waals surface area contributed by atoms with Crippen LogP contribution in [0.15, 0.2) is 0 Å². The Morgan fingerprint density at radius 3 is 0.867 bits per heavy atom. The monoisotopic (exact) mass is 537 g/mol. The largest absolute Gasteiger partial charge is 1.00 e. The molecule has 0 N–H and O–H groups in total. The van der Waals surface area contributed by atoms with Crippen LogP contribution in [0.25, 0.3) is 0 Å². The van der Waals surface area contributed by atoms with Gasteiger partial charge in [-0.2, -0.15) is 0 Å². The molecular formula is C9H20Br5N. The normalized spacial score (nSPS) is 11.2. The van der Waals surface area contributed by atoms with Crippen molar-refractivity contribution >= 4 is 63.7 Å². The molecule has 96 valence electrons. The molecule has 0 saturated carbocycles. The van der Waals surface area contributed by atoms with Crippen LogP contribution in [-0.4, -0.2) is 31.7 Å². The van der Waals surface area contributed by atoms with Gasteiger partial charge in [0.1, 0.15) is 0 Å². The lowest BCUT2D eigenvalue weighted by Gasteiger charge is -2.34. The molecule has 15 heavy (non-hydrogen) atoms. The highest BCUT2D eigenvalue weighted by molar-refractivity contribution is 9.52. The third-order valence-corrected chi connectivity index (χ3v) is 2.68. The van der Waals surface area contributed by atoms with E-state index in [1.54, 1.807) is 0 Å². The van der Waals surface area contributed by atoms with Gasteiger partial charge in [-0.1, -0.05) is 0 Å². The summed E-state index contributed by atoms with van der Waals surface area (Å²) in [5.41, 5.74) is 0. The molecule has 0 saturated heterocycles. The molecule has 0 radical (unpaired) electrons. The molecule has 0 aliphatic heterocycles. The van der Waals surface area contributed by atoms with E-state index >= 15 is 0 Å². The molecule has 0 rings (SSSR count). The van der Waals surface area contributed by atoms with Crippen LogP contribution in [0.1, 0.15) is 27.7 Å². The molecule has 0 fully saturated rings. The van der Waals surface area contributed by atoms with Crippen molar-refractivity contribution in [3.05, 3.63) is 0 Å². The van der Waals surface area contributed by atoms with Crippen molar-refractivity contribution in [3.8, 4) is 0 Å². The minimum absolute atomic E-state index is 0. The quantitative estimate of drug-likeness (QED) is 0.378. The van der Waals surface area contributed by atoms with Crippen molar-refractivity contribution in [1.82, 2.24) is 0 Å². The molecule has 0 aromatic heterocycles. The minimum atomic E-state index is -0.250. The molecule has 1 nitrogen and oxygen atoms in total. The second kappa shape index (κ2) is 11.5. The van der Waals surface area contributed by atoms with E-state index in [0.29, 0.717) is 0 Å². The van der Waals surface area contributed by atoms with Gasteiger partial charge in [0.05, 0.1) is 26.2 Å². The summed E-state index contributed by atoms with van der Waals surface area (Å²) < 4.78 is 1.03. The second-order valence-corrected chi connectivity index (χ2v) is 14.2. The van der Waals surface area contributed by atoms with E-state index in [1.807, 2.05) is 0 Å². The molecule has 0 amide bonds. The van der Waals surface area contributed by atoms with Crippen molar-refractivity contribution in [2.45, 2.75) is 28.7 Å². The molecule has 6 heteroatoms. The summed E-state index contributed by atoms with van der Waals surface area (Å²) in [6.45, 7) is 14.2. The standard InChI is InChI=1S/C8H20N.CBr4.BrH/c1-5-9(6-2,7-3)8-4;2-1(3,4)5;/h5-8H2,1-4H3;;1H/q+1;;/p-1. The summed E-state index contributed by atoms with van der Waals surface area (Å²) in [6, 6.07) is 0. The number of quaternary nitrogens is 1. The fourth-order valence-electron chi connectivity index (χ4n) is 1.34. The smallest absolute Gasteiger partial charge is 0.189 e. The Morgan fingerprint density at radius 2 is 0.867 bits per heavy atom. The number of halogens is 5. The lowest BCUT2D eigenvalue weighted by Crippen LogP contribution is -3.00. The van der Waals surface area contributed by atoms with E-state index in [0.717, 1.165) is 0 Å². The van der Waals surface area contributed by atoms with Crippen molar-refractivity contribution < 1.29 is 21.5 Å². The Bertz CT molecular complexity index is 107. The molecular weight excluding hydrogens is 522 g/mol. The first-order valence-corrected chi connectivity index (χ1v) is 8.02. The maximum Gasteiger partial charge on any atom is 0.189 e. The van der Waals surface area contributed by atoms with E-state index in [9.17, 15) is 0 Å². The lowest BCUT2D eigenvalue weighted by atomic mass is 10.3. The van der Waals surface area contributed by atoms with Gasteiger partial charge in [-0.25, -0.2) is 0 Å². The van der Waals surface area contributed by atoms with Crippen LogP contribution in [0.3, 0.4) is 0 Å². The summed E-state index contributed by atoms with van der Waals surface area (Å²) in [5.74, 6) is 0. The minimum Gasteiger partial charge on any atom is -1.00 e. The molecule has 0 aliphatic carbocycles. The van der Waals surface area contributed by atoms with Gasteiger partial charge in [0, 0.05) is 0 Å². The van der Waals surface area contributed by atoms with Gasteiger partial charge in [0.25, 0.3) is 0 Å². The van der Waals surface area contributed by atoms with Crippen LogP contribution in [0.2, 0.25) is 0 Å². The third kappa shape index (κ3) is 16.4. The zero-order valence-electron chi connectivity index (χ0n) is 9.67. The SMILES string of the molecule is BrC(Br)(Br)Br.CC[N+](CC)(CC)CC.[Br-]. The molecule has 0 bridgehead atoms. The first-order chi connectivity index (χ1) is 6.24. The third-order valence-electron chi connectivity index (χ3n) is 2.68. The average Bonchev–Trinajstić information content (AvgIpc) is 2.07. The number of nitrogens with zero attached hydrogens (tertiary/aromatic N) is 1. The molecule has 0 aromatic carbocycles. The topological polar surface area (TPSA) is 0 Å². The summed E-state index contributed by atoms with van der Waals surface area (Å²) in [6.07, 6.45) is 0. The van der Waals surface area contributed by atoms with Crippen LogP contribution in [0, 0.1) is 0 Å². The van der Waals surface area contributed by atoms with Gasteiger partial charge >= 0.3 is 0 Å². The van der Waals surface area contributed by atoms with Gasteiger partial charge in [0.2, 0.25) is 0 Å². The second-order valence-electron chi connectivity index (χ2n) is 3.04. The van der Waals surface area contributed by atoms with Crippen LogP contribution in [-0.2, 0) is 0 Å². The average molecular weight is 542 g/mol. The maximum atomic E-state index is 3.12. The summed E-state index contributed by atoms with van der Waals surface area (Å²) in [5, 5.41) is 0.